The van der Waals surface area contributed by atoms with E-state index in [1.165, 1.54) is 0 Å². The predicted octanol–water partition coefficient (Wildman–Crippen LogP) is 1.13. The summed E-state index contributed by atoms with van der Waals surface area (Å²) < 4.78 is 0. The Kier molecular flexibility index (Phi) is 3.25. The maximum Gasteiger partial charge on any atom is 0.251 e. The number of hydrogen-bond donors (Lipinski definition) is 2. The van der Waals surface area contributed by atoms with Gasteiger partial charge in [-0.05, 0) is 32.0 Å². The number of aromatic nitrogens is 2. The van der Waals surface area contributed by atoms with Gasteiger partial charge in [-0.15, -0.1) is 0 Å². The highest BCUT2D eigenvalue weighted by Crippen LogP contribution is 2.11. The molecule has 2 N–H and O–H groups in total. The Balaban J connectivity index is 2.18. The van der Waals surface area contributed by atoms with Crippen molar-refractivity contribution in [1.29, 1.82) is 0 Å². The molecule has 0 aliphatic heterocycles. The van der Waals surface area contributed by atoms with Gasteiger partial charge < -0.3 is 10.4 Å². The number of aliphatic hydroxyl groups is 1. The number of rotatable bonds is 3. The van der Waals surface area contributed by atoms with Crippen LogP contribution < -0.4 is 5.32 Å². The first kappa shape index (κ1) is 12.4. The number of hydrogen-bond acceptors (Lipinski definition) is 4. The lowest BCUT2D eigenvalue weighted by molar-refractivity contribution is 0.0694. The zero-order valence-electron chi connectivity index (χ0n) is 10.3. The van der Waals surface area contributed by atoms with Crippen LogP contribution in [0.1, 0.15) is 24.2 Å². The van der Waals surface area contributed by atoms with Crippen molar-refractivity contribution in [2.45, 2.75) is 19.4 Å². The largest absolute Gasteiger partial charge is 0.389 e. The monoisotopic (exact) mass is 245 g/mol. The molecule has 0 aliphatic rings. The molecule has 0 spiro atoms. The van der Waals surface area contributed by atoms with E-state index in [1.807, 2.05) is 0 Å². The van der Waals surface area contributed by atoms with Crippen molar-refractivity contribution < 1.29 is 9.90 Å². The molecule has 0 saturated heterocycles. The summed E-state index contributed by atoms with van der Waals surface area (Å²) >= 11 is 0. The van der Waals surface area contributed by atoms with Gasteiger partial charge in [-0.1, -0.05) is 0 Å². The number of nitrogens with zero attached hydrogens (tertiary/aromatic N) is 2. The third-order valence-electron chi connectivity index (χ3n) is 2.41. The molecular formula is C13H15N3O2. The summed E-state index contributed by atoms with van der Waals surface area (Å²) in [4.78, 5) is 20.1. The fraction of sp³-hybridized carbons (Fsp3) is 0.308. The average Bonchev–Trinajstić information content (AvgIpc) is 2.34. The molecule has 0 fully saturated rings. The van der Waals surface area contributed by atoms with Crippen molar-refractivity contribution in [2.75, 3.05) is 6.54 Å². The van der Waals surface area contributed by atoms with Crippen LogP contribution in [0.5, 0.6) is 0 Å². The van der Waals surface area contributed by atoms with Gasteiger partial charge in [0.25, 0.3) is 5.91 Å². The molecule has 1 amide bonds. The highest BCUT2D eigenvalue weighted by atomic mass is 16.3. The minimum Gasteiger partial charge on any atom is -0.389 e. The molecule has 0 radical (unpaired) electrons. The summed E-state index contributed by atoms with van der Waals surface area (Å²) in [5, 5.41) is 12.2. The lowest BCUT2D eigenvalue weighted by Gasteiger charge is -2.17. The summed E-state index contributed by atoms with van der Waals surface area (Å²) in [6.45, 7) is 3.47. The molecule has 2 aromatic rings. The van der Waals surface area contributed by atoms with E-state index >= 15 is 0 Å². The third kappa shape index (κ3) is 3.01. The number of carbonyl (C=O) groups excluding carboxylic acids is 1. The second-order valence-corrected chi connectivity index (χ2v) is 4.75. The van der Waals surface area contributed by atoms with Gasteiger partial charge in [0.15, 0.2) is 0 Å². The first-order valence-corrected chi connectivity index (χ1v) is 5.67. The topological polar surface area (TPSA) is 75.1 Å². The number of amides is 1. The minimum absolute atomic E-state index is 0.199. The summed E-state index contributed by atoms with van der Waals surface area (Å²) in [5.74, 6) is -0.232. The van der Waals surface area contributed by atoms with E-state index in [4.69, 9.17) is 0 Å². The van der Waals surface area contributed by atoms with E-state index in [-0.39, 0.29) is 12.5 Å². The molecule has 1 aromatic heterocycles. The zero-order valence-corrected chi connectivity index (χ0v) is 10.3. The van der Waals surface area contributed by atoms with Crippen LogP contribution in [0, 0.1) is 0 Å². The molecule has 94 valence electrons. The SMILES string of the molecule is CC(C)(O)CNC(=O)c1ccc2nccnc2c1. The molecule has 0 aliphatic carbocycles. The Morgan fingerprint density at radius 2 is 1.94 bits per heavy atom. The van der Waals surface area contributed by atoms with Gasteiger partial charge >= 0.3 is 0 Å². The van der Waals surface area contributed by atoms with Crippen LogP contribution in [0.2, 0.25) is 0 Å². The fourth-order valence-electron chi connectivity index (χ4n) is 1.50. The summed E-state index contributed by atoms with van der Waals surface area (Å²) in [6, 6.07) is 5.13. The van der Waals surface area contributed by atoms with Crippen LogP contribution in [0.4, 0.5) is 0 Å². The summed E-state index contributed by atoms with van der Waals surface area (Å²) in [7, 11) is 0. The van der Waals surface area contributed by atoms with Crippen molar-refractivity contribution in [3.63, 3.8) is 0 Å². The molecule has 0 unspecified atom stereocenters. The normalized spacial score (nSPS) is 11.5. The number of fused-ring (bicyclic) bond motifs is 1. The molecule has 5 heteroatoms. The lowest BCUT2D eigenvalue weighted by Crippen LogP contribution is -2.38. The lowest BCUT2D eigenvalue weighted by atomic mass is 10.1. The molecule has 0 bridgehead atoms. The van der Waals surface area contributed by atoms with Gasteiger partial charge in [-0.25, -0.2) is 0 Å². The van der Waals surface area contributed by atoms with Crippen molar-refractivity contribution in [1.82, 2.24) is 15.3 Å². The van der Waals surface area contributed by atoms with Crippen LogP contribution in [-0.2, 0) is 0 Å². The minimum atomic E-state index is -0.924. The molecule has 1 heterocycles. The standard InChI is InChI=1S/C13H15N3O2/c1-13(2,18)8-16-12(17)9-3-4-10-11(7-9)15-6-5-14-10/h3-7,18H,8H2,1-2H3,(H,16,17). The van der Waals surface area contributed by atoms with E-state index in [0.717, 1.165) is 5.52 Å². The van der Waals surface area contributed by atoms with E-state index in [1.54, 1.807) is 44.4 Å². The molecule has 18 heavy (non-hydrogen) atoms. The number of carbonyl (C=O) groups is 1. The quantitative estimate of drug-likeness (QED) is 0.850. The van der Waals surface area contributed by atoms with Gasteiger partial charge in [0.2, 0.25) is 0 Å². The number of benzene rings is 1. The van der Waals surface area contributed by atoms with Crippen LogP contribution >= 0.6 is 0 Å². The van der Waals surface area contributed by atoms with Gasteiger partial charge in [0, 0.05) is 24.5 Å². The van der Waals surface area contributed by atoms with E-state index in [0.29, 0.717) is 11.1 Å². The number of nitrogens with one attached hydrogen (secondary N) is 1. The Bertz CT molecular complexity index is 576. The van der Waals surface area contributed by atoms with E-state index in [9.17, 15) is 9.90 Å². The molecule has 0 atom stereocenters. The van der Waals surface area contributed by atoms with Crippen molar-refractivity contribution >= 4 is 16.9 Å². The van der Waals surface area contributed by atoms with E-state index in [2.05, 4.69) is 15.3 Å². The highest BCUT2D eigenvalue weighted by molar-refractivity contribution is 5.97. The zero-order chi connectivity index (χ0) is 13.2. The van der Waals surface area contributed by atoms with Gasteiger partial charge in [0.1, 0.15) is 0 Å². The Hall–Kier alpha value is -2.01. The van der Waals surface area contributed by atoms with Crippen molar-refractivity contribution in [3.8, 4) is 0 Å². The van der Waals surface area contributed by atoms with Gasteiger partial charge in [-0.3, -0.25) is 14.8 Å². The van der Waals surface area contributed by atoms with Crippen molar-refractivity contribution in [3.05, 3.63) is 36.2 Å². The molecule has 1 aromatic carbocycles. The first-order chi connectivity index (χ1) is 8.46. The smallest absolute Gasteiger partial charge is 0.251 e. The third-order valence-corrected chi connectivity index (χ3v) is 2.41. The Labute approximate surface area is 105 Å². The summed E-state index contributed by atoms with van der Waals surface area (Å²) in [6.07, 6.45) is 3.19. The van der Waals surface area contributed by atoms with Gasteiger partial charge in [-0.2, -0.15) is 0 Å². The highest BCUT2D eigenvalue weighted by Gasteiger charge is 2.15. The summed E-state index contributed by atoms with van der Waals surface area (Å²) in [5.41, 5.74) is 1.00. The Morgan fingerprint density at radius 3 is 2.61 bits per heavy atom. The van der Waals surface area contributed by atoms with Crippen LogP contribution in [0.25, 0.3) is 11.0 Å². The second kappa shape index (κ2) is 4.70. The first-order valence-electron chi connectivity index (χ1n) is 5.67. The molecule has 2 rings (SSSR count). The van der Waals surface area contributed by atoms with Crippen LogP contribution in [0.15, 0.2) is 30.6 Å². The average molecular weight is 245 g/mol. The molecular weight excluding hydrogens is 230 g/mol. The van der Waals surface area contributed by atoms with Gasteiger partial charge in [0.05, 0.1) is 16.6 Å². The maximum atomic E-state index is 11.9. The van der Waals surface area contributed by atoms with Crippen molar-refractivity contribution in [2.24, 2.45) is 0 Å². The molecule has 5 nitrogen and oxygen atoms in total. The maximum absolute atomic E-state index is 11.9. The fourth-order valence-corrected chi connectivity index (χ4v) is 1.50. The predicted molar refractivity (Wildman–Crippen MR) is 68.2 cm³/mol. The van der Waals surface area contributed by atoms with Crippen LogP contribution in [-0.4, -0.2) is 33.1 Å². The van der Waals surface area contributed by atoms with E-state index < -0.39 is 5.60 Å². The Morgan fingerprint density at radius 1 is 1.28 bits per heavy atom. The molecule has 0 saturated carbocycles. The second-order valence-electron chi connectivity index (χ2n) is 4.75. The van der Waals surface area contributed by atoms with Crippen LogP contribution in [0.3, 0.4) is 0 Å².